The molecule has 3 amide bonds. The van der Waals surface area contributed by atoms with E-state index in [2.05, 4.69) is 23.3 Å². The van der Waals surface area contributed by atoms with Crippen LogP contribution in [0.4, 0.5) is 4.79 Å². The zero-order valence-electron chi connectivity index (χ0n) is 22.4. The molecular formula is C28H43N3O4S. The van der Waals surface area contributed by atoms with Gasteiger partial charge in [0.15, 0.2) is 0 Å². The van der Waals surface area contributed by atoms with Gasteiger partial charge in [0.2, 0.25) is 11.8 Å². The van der Waals surface area contributed by atoms with Gasteiger partial charge in [-0.2, -0.15) is 12.6 Å². The summed E-state index contributed by atoms with van der Waals surface area (Å²) in [7, 11) is 0. The van der Waals surface area contributed by atoms with E-state index in [4.69, 9.17) is 4.74 Å². The summed E-state index contributed by atoms with van der Waals surface area (Å²) in [6.07, 6.45) is 7.31. The highest BCUT2D eigenvalue weighted by molar-refractivity contribution is 7.80. The van der Waals surface area contributed by atoms with E-state index < -0.39 is 23.8 Å². The molecular weight excluding hydrogens is 474 g/mol. The average Bonchev–Trinajstić information content (AvgIpc) is 2.77. The molecule has 2 fully saturated rings. The molecule has 2 unspecified atom stereocenters. The number of hydrogen-bond donors (Lipinski definition) is 3. The molecule has 7 nitrogen and oxygen atoms in total. The molecule has 1 aromatic rings. The maximum atomic E-state index is 14.0. The smallest absolute Gasteiger partial charge is 0.408 e. The van der Waals surface area contributed by atoms with Gasteiger partial charge in [0.25, 0.3) is 0 Å². The maximum absolute atomic E-state index is 14.0. The zero-order chi connectivity index (χ0) is 26.5. The van der Waals surface area contributed by atoms with E-state index in [1.165, 1.54) is 6.42 Å². The minimum absolute atomic E-state index is 0.0673. The van der Waals surface area contributed by atoms with Crippen LogP contribution in [-0.4, -0.2) is 52.3 Å². The van der Waals surface area contributed by atoms with Crippen molar-refractivity contribution in [3.8, 4) is 0 Å². The van der Waals surface area contributed by atoms with Gasteiger partial charge in [-0.15, -0.1) is 0 Å². The number of hydrogen-bond acceptors (Lipinski definition) is 5. The highest BCUT2D eigenvalue weighted by Crippen LogP contribution is 2.35. The number of amides is 3. The Morgan fingerprint density at radius 3 is 2.28 bits per heavy atom. The van der Waals surface area contributed by atoms with Crippen molar-refractivity contribution in [2.45, 2.75) is 116 Å². The molecule has 0 saturated heterocycles. The van der Waals surface area contributed by atoms with Crippen LogP contribution in [0.15, 0.2) is 18.2 Å². The molecule has 2 atom stereocenters. The number of rotatable bonds is 8. The molecule has 1 aromatic carbocycles. The number of nitrogens with one attached hydrogen (secondary N) is 2. The summed E-state index contributed by atoms with van der Waals surface area (Å²) in [5.74, 6) is -0.346. The quantitative estimate of drug-likeness (QED) is 0.424. The fraction of sp³-hybridized carbons (Fsp3) is 0.679. The summed E-state index contributed by atoms with van der Waals surface area (Å²) < 4.78 is 5.39. The summed E-state index contributed by atoms with van der Waals surface area (Å²) in [6.45, 7) is 9.30. The molecule has 0 heterocycles. The second-order valence-electron chi connectivity index (χ2n) is 11.3. The number of ether oxygens (including phenoxy) is 1. The second kappa shape index (κ2) is 12.3. The molecule has 0 aromatic heterocycles. The lowest BCUT2D eigenvalue weighted by Gasteiger charge is -2.44. The summed E-state index contributed by atoms with van der Waals surface area (Å²) in [5, 5.41) is 5.97. The lowest BCUT2D eigenvalue weighted by Crippen LogP contribution is -2.58. The summed E-state index contributed by atoms with van der Waals surface area (Å²) in [6, 6.07) is 4.41. The van der Waals surface area contributed by atoms with Crippen molar-refractivity contribution in [2.24, 2.45) is 0 Å². The summed E-state index contributed by atoms with van der Waals surface area (Å²) in [4.78, 5) is 42.2. The number of benzene rings is 1. The van der Waals surface area contributed by atoms with Gasteiger partial charge in [0.1, 0.15) is 17.7 Å². The third-order valence-electron chi connectivity index (χ3n) is 7.10. The van der Waals surface area contributed by atoms with Crippen molar-refractivity contribution in [3.63, 3.8) is 0 Å². The van der Waals surface area contributed by atoms with Crippen LogP contribution in [0.5, 0.6) is 0 Å². The standard InChI is InChI=1S/C28H43N3O4S/c1-18-14-15-19(2)22(16-18)24(25(32)29-20-10-7-6-8-11-20)31(21-12-9-13-21)26(33)23(17-36)30-27(34)35-28(3,4)5/h14-16,20-21,23-24,36H,6-13,17H2,1-5H3,(H,29,32)(H,30,34). The first-order valence-electron chi connectivity index (χ1n) is 13.3. The van der Waals surface area contributed by atoms with Gasteiger partial charge in [0, 0.05) is 17.8 Å². The van der Waals surface area contributed by atoms with Crippen LogP contribution in [0.25, 0.3) is 0 Å². The molecule has 0 bridgehead atoms. The van der Waals surface area contributed by atoms with Crippen LogP contribution in [0.2, 0.25) is 0 Å². The Morgan fingerprint density at radius 2 is 1.72 bits per heavy atom. The minimum atomic E-state index is -0.904. The van der Waals surface area contributed by atoms with E-state index in [1.807, 2.05) is 32.0 Å². The normalized spacial score (nSPS) is 18.5. The van der Waals surface area contributed by atoms with E-state index in [0.717, 1.165) is 61.6 Å². The largest absolute Gasteiger partial charge is 0.444 e. The number of alkyl carbamates (subject to hydrolysis) is 1. The third kappa shape index (κ3) is 7.40. The van der Waals surface area contributed by atoms with E-state index in [1.54, 1.807) is 25.7 Å². The van der Waals surface area contributed by atoms with Crippen molar-refractivity contribution in [3.05, 3.63) is 34.9 Å². The third-order valence-corrected chi connectivity index (χ3v) is 7.47. The predicted molar refractivity (Wildman–Crippen MR) is 145 cm³/mol. The van der Waals surface area contributed by atoms with Gasteiger partial charge >= 0.3 is 6.09 Å². The topological polar surface area (TPSA) is 87.7 Å². The van der Waals surface area contributed by atoms with Crippen LogP contribution in [-0.2, 0) is 14.3 Å². The summed E-state index contributed by atoms with van der Waals surface area (Å²) in [5.41, 5.74) is 2.13. The van der Waals surface area contributed by atoms with E-state index in [9.17, 15) is 14.4 Å². The van der Waals surface area contributed by atoms with E-state index in [-0.39, 0.29) is 29.7 Å². The molecule has 3 rings (SSSR count). The zero-order valence-corrected chi connectivity index (χ0v) is 23.3. The first kappa shape index (κ1) is 28.4. The lowest BCUT2D eigenvalue weighted by molar-refractivity contribution is -0.147. The Kier molecular flexibility index (Phi) is 9.72. The van der Waals surface area contributed by atoms with Crippen LogP contribution in [0.3, 0.4) is 0 Å². The molecule has 2 saturated carbocycles. The van der Waals surface area contributed by atoms with E-state index >= 15 is 0 Å². The van der Waals surface area contributed by atoms with Gasteiger partial charge in [-0.1, -0.05) is 43.0 Å². The first-order chi connectivity index (χ1) is 17.0. The fourth-order valence-electron chi connectivity index (χ4n) is 5.00. The first-order valence-corrected chi connectivity index (χ1v) is 13.9. The maximum Gasteiger partial charge on any atom is 0.408 e. The van der Waals surface area contributed by atoms with Crippen LogP contribution in [0.1, 0.15) is 94.9 Å². The second-order valence-corrected chi connectivity index (χ2v) is 11.7. The monoisotopic (exact) mass is 517 g/mol. The van der Waals surface area contributed by atoms with Gasteiger partial charge in [-0.05, 0) is 77.8 Å². The molecule has 2 aliphatic carbocycles. The number of aryl methyl sites for hydroxylation is 2. The Morgan fingerprint density at radius 1 is 1.06 bits per heavy atom. The molecule has 2 aliphatic rings. The highest BCUT2D eigenvalue weighted by atomic mass is 32.1. The molecule has 0 aliphatic heterocycles. The van der Waals surface area contributed by atoms with Crippen molar-refractivity contribution in [1.82, 2.24) is 15.5 Å². The summed E-state index contributed by atoms with van der Waals surface area (Å²) >= 11 is 4.38. The van der Waals surface area contributed by atoms with Gasteiger partial charge in [-0.3, -0.25) is 9.59 Å². The average molecular weight is 518 g/mol. The molecule has 0 radical (unpaired) electrons. The van der Waals surface area contributed by atoms with Crippen molar-refractivity contribution in [1.29, 1.82) is 0 Å². The fourth-order valence-corrected chi connectivity index (χ4v) is 5.24. The number of nitrogens with zero attached hydrogens (tertiary/aromatic N) is 1. The molecule has 36 heavy (non-hydrogen) atoms. The van der Waals surface area contributed by atoms with Gasteiger partial charge in [-0.25, -0.2) is 4.79 Å². The Balaban J connectivity index is 1.96. The van der Waals surface area contributed by atoms with Crippen LogP contribution < -0.4 is 10.6 Å². The highest BCUT2D eigenvalue weighted by Gasteiger charge is 2.42. The number of carbonyl (C=O) groups excluding carboxylic acids is 3. The Labute approximate surface area is 221 Å². The van der Waals surface area contributed by atoms with Crippen molar-refractivity contribution >= 4 is 30.5 Å². The van der Waals surface area contributed by atoms with E-state index in [0.29, 0.717) is 0 Å². The minimum Gasteiger partial charge on any atom is -0.444 e. The molecule has 0 spiro atoms. The Bertz CT molecular complexity index is 935. The molecule has 2 N–H and O–H groups in total. The van der Waals surface area contributed by atoms with Crippen LogP contribution in [0, 0.1) is 13.8 Å². The number of carbonyl (C=O) groups is 3. The number of thiol groups is 1. The Hall–Kier alpha value is -2.22. The molecule has 200 valence electrons. The predicted octanol–water partition coefficient (Wildman–Crippen LogP) is 5.00. The van der Waals surface area contributed by atoms with Gasteiger partial charge < -0.3 is 20.3 Å². The SMILES string of the molecule is Cc1ccc(C)c(C(C(=O)NC2CCCCC2)N(C(=O)C(CS)NC(=O)OC(C)(C)C)C2CCC2)c1. The van der Waals surface area contributed by atoms with Crippen molar-refractivity contribution in [2.75, 3.05) is 5.75 Å². The van der Waals surface area contributed by atoms with Crippen molar-refractivity contribution < 1.29 is 19.1 Å². The van der Waals surface area contributed by atoms with Gasteiger partial charge in [0.05, 0.1) is 0 Å². The van der Waals surface area contributed by atoms with Crippen LogP contribution >= 0.6 is 12.6 Å². The lowest BCUT2D eigenvalue weighted by atomic mass is 9.86. The molecule has 8 heteroatoms.